The van der Waals surface area contributed by atoms with E-state index in [1.807, 2.05) is 0 Å². The predicted octanol–water partition coefficient (Wildman–Crippen LogP) is 3.84. The minimum absolute atomic E-state index is 0.0289. The number of hydrogen-bond acceptors (Lipinski definition) is 3. The largest absolute Gasteiger partial charge is 0.329 e. The first-order valence-corrected chi connectivity index (χ1v) is 11.4. The van der Waals surface area contributed by atoms with Crippen LogP contribution in [0.5, 0.6) is 0 Å². The lowest BCUT2D eigenvalue weighted by atomic mass is 10.1. The molecule has 0 radical (unpaired) electrons. The Kier molecular flexibility index (Phi) is 17.7. The molecule has 0 unspecified atom stereocenters. The monoisotopic (exact) mass is 367 g/mol. The van der Waals surface area contributed by atoms with E-state index < -0.39 is 10.1 Å². The molecule has 0 aliphatic heterocycles. The molecule has 0 saturated carbocycles. The minimum atomic E-state index is -3.80. The third-order valence-corrected chi connectivity index (χ3v) is 5.07. The second kappa shape index (κ2) is 16.3. The Balaban J connectivity index is 0. The van der Waals surface area contributed by atoms with E-state index in [9.17, 15) is 8.42 Å². The summed E-state index contributed by atoms with van der Waals surface area (Å²) in [6, 6.07) is 0. The number of rotatable bonds is 14. The molecule has 0 spiro atoms. The SMILES string of the molecule is CCCC[N+](CCCC)(CCCC)CCCC.NCCS(=O)(=O)O. The van der Waals surface area contributed by atoms with Gasteiger partial charge in [0.05, 0.1) is 31.9 Å². The van der Waals surface area contributed by atoms with E-state index in [1.54, 1.807) is 0 Å². The summed E-state index contributed by atoms with van der Waals surface area (Å²) in [4.78, 5) is 0. The number of nitrogens with zero attached hydrogens (tertiary/aromatic N) is 1. The molecule has 6 heteroatoms. The summed E-state index contributed by atoms with van der Waals surface area (Å²) in [5.74, 6) is -0.354. The van der Waals surface area contributed by atoms with Gasteiger partial charge in [0.1, 0.15) is 0 Å². The average Bonchev–Trinajstić information content (AvgIpc) is 2.53. The van der Waals surface area contributed by atoms with Crippen LogP contribution in [0.1, 0.15) is 79.1 Å². The third-order valence-electron chi connectivity index (χ3n) is 4.32. The molecular formula is C18H43N2O3S+. The van der Waals surface area contributed by atoms with Crippen molar-refractivity contribution < 1.29 is 17.5 Å². The van der Waals surface area contributed by atoms with Gasteiger partial charge in [-0.1, -0.05) is 53.4 Å². The topological polar surface area (TPSA) is 80.4 Å². The Bertz CT molecular complexity index is 322. The molecule has 24 heavy (non-hydrogen) atoms. The van der Waals surface area contributed by atoms with Crippen LogP contribution in [-0.2, 0) is 10.1 Å². The molecule has 0 amide bonds. The van der Waals surface area contributed by atoms with Crippen LogP contribution in [0.2, 0.25) is 0 Å². The molecule has 3 N–H and O–H groups in total. The van der Waals surface area contributed by atoms with Crippen LogP contribution in [0.4, 0.5) is 0 Å². The van der Waals surface area contributed by atoms with Crippen molar-refractivity contribution in [2.45, 2.75) is 79.1 Å². The molecule has 0 heterocycles. The van der Waals surface area contributed by atoms with Gasteiger partial charge in [0.15, 0.2) is 0 Å². The van der Waals surface area contributed by atoms with E-state index >= 15 is 0 Å². The zero-order valence-electron chi connectivity index (χ0n) is 16.6. The summed E-state index contributed by atoms with van der Waals surface area (Å²) in [5.41, 5.74) is 4.78. The Labute approximate surface area is 151 Å². The first-order valence-electron chi connectivity index (χ1n) is 9.81. The average molecular weight is 368 g/mol. The lowest BCUT2D eigenvalue weighted by Gasteiger charge is -2.39. The van der Waals surface area contributed by atoms with Gasteiger partial charge in [0, 0.05) is 6.54 Å². The van der Waals surface area contributed by atoms with Gasteiger partial charge >= 0.3 is 0 Å². The Hall–Kier alpha value is -0.170. The minimum Gasteiger partial charge on any atom is -0.329 e. The second-order valence-corrected chi connectivity index (χ2v) is 8.30. The third kappa shape index (κ3) is 16.7. The molecule has 148 valence electrons. The molecule has 0 saturated heterocycles. The van der Waals surface area contributed by atoms with Gasteiger partial charge in [0.2, 0.25) is 0 Å². The summed E-state index contributed by atoms with van der Waals surface area (Å²) >= 11 is 0. The molecule has 5 nitrogen and oxygen atoms in total. The lowest BCUT2D eigenvalue weighted by Crippen LogP contribution is -2.50. The highest BCUT2D eigenvalue weighted by molar-refractivity contribution is 7.85. The van der Waals surface area contributed by atoms with Gasteiger partial charge in [-0.3, -0.25) is 4.55 Å². The molecule has 0 aliphatic rings. The number of unbranched alkanes of at least 4 members (excludes halogenated alkanes) is 4. The van der Waals surface area contributed by atoms with Crippen LogP contribution in [0.3, 0.4) is 0 Å². The number of hydrogen-bond donors (Lipinski definition) is 2. The quantitative estimate of drug-likeness (QED) is 0.361. The van der Waals surface area contributed by atoms with Crippen molar-refractivity contribution in [1.82, 2.24) is 0 Å². The second-order valence-electron chi connectivity index (χ2n) is 6.72. The zero-order chi connectivity index (χ0) is 18.9. The van der Waals surface area contributed by atoms with Crippen molar-refractivity contribution in [3.63, 3.8) is 0 Å². The fourth-order valence-electron chi connectivity index (χ4n) is 2.79. The highest BCUT2D eigenvalue weighted by Crippen LogP contribution is 2.16. The maximum absolute atomic E-state index is 9.71. The van der Waals surface area contributed by atoms with Crippen LogP contribution in [-0.4, -0.2) is 55.9 Å². The Morgan fingerprint density at radius 2 is 1.04 bits per heavy atom. The summed E-state index contributed by atoms with van der Waals surface area (Å²) in [7, 11) is -3.80. The van der Waals surface area contributed by atoms with Crippen LogP contribution in [0, 0.1) is 0 Å². The van der Waals surface area contributed by atoms with Gasteiger partial charge in [-0.25, -0.2) is 0 Å². The summed E-state index contributed by atoms with van der Waals surface area (Å²) < 4.78 is 28.7. The molecule has 0 aliphatic carbocycles. The Morgan fingerprint density at radius 1 is 0.750 bits per heavy atom. The first-order chi connectivity index (χ1) is 11.3. The van der Waals surface area contributed by atoms with Crippen LogP contribution in [0.15, 0.2) is 0 Å². The number of quaternary nitrogens is 1. The standard InChI is InChI=1S/C16H36N.C2H7NO3S/c1-5-9-13-17(14-10-6-2,15-11-7-3)16-12-8-4;3-1-2-7(4,5)6/h5-16H2,1-4H3;1-3H2,(H,4,5,6)/q+1;. The molecule has 0 bridgehead atoms. The van der Waals surface area contributed by atoms with Crippen LogP contribution >= 0.6 is 0 Å². The molecule has 0 atom stereocenters. The zero-order valence-corrected chi connectivity index (χ0v) is 17.4. The van der Waals surface area contributed by atoms with Crippen molar-refractivity contribution in [3.05, 3.63) is 0 Å². The molecule has 0 fully saturated rings. The Morgan fingerprint density at radius 3 is 1.17 bits per heavy atom. The van der Waals surface area contributed by atoms with E-state index in [-0.39, 0.29) is 12.3 Å². The van der Waals surface area contributed by atoms with Crippen molar-refractivity contribution in [2.24, 2.45) is 5.73 Å². The molecular weight excluding hydrogens is 324 g/mol. The van der Waals surface area contributed by atoms with E-state index in [0.717, 1.165) is 0 Å². The summed E-state index contributed by atoms with van der Waals surface area (Å²) in [6.45, 7) is 15.0. The van der Waals surface area contributed by atoms with E-state index in [4.69, 9.17) is 10.3 Å². The maximum atomic E-state index is 9.71. The fourth-order valence-corrected chi connectivity index (χ4v) is 3.09. The van der Waals surface area contributed by atoms with Gasteiger partial charge in [-0.15, -0.1) is 0 Å². The smallest absolute Gasteiger partial charge is 0.266 e. The van der Waals surface area contributed by atoms with Crippen molar-refractivity contribution in [2.75, 3.05) is 38.5 Å². The van der Waals surface area contributed by atoms with Crippen LogP contribution < -0.4 is 5.73 Å². The predicted molar refractivity (Wildman–Crippen MR) is 105 cm³/mol. The van der Waals surface area contributed by atoms with Gasteiger partial charge in [-0.2, -0.15) is 8.42 Å². The van der Waals surface area contributed by atoms with Gasteiger partial charge in [0.25, 0.3) is 10.1 Å². The van der Waals surface area contributed by atoms with E-state index in [1.165, 1.54) is 82.0 Å². The van der Waals surface area contributed by atoms with Gasteiger partial charge in [-0.05, 0) is 25.7 Å². The summed E-state index contributed by atoms with van der Waals surface area (Å²) in [5, 5.41) is 0. The molecule has 0 aromatic carbocycles. The highest BCUT2D eigenvalue weighted by Gasteiger charge is 2.24. The first kappa shape index (κ1) is 26.1. The van der Waals surface area contributed by atoms with E-state index in [2.05, 4.69) is 27.7 Å². The molecule has 0 aromatic heterocycles. The lowest BCUT2D eigenvalue weighted by molar-refractivity contribution is -0.929. The van der Waals surface area contributed by atoms with Crippen molar-refractivity contribution in [1.29, 1.82) is 0 Å². The molecule has 0 aromatic rings. The van der Waals surface area contributed by atoms with Crippen molar-refractivity contribution in [3.8, 4) is 0 Å². The highest BCUT2D eigenvalue weighted by atomic mass is 32.2. The summed E-state index contributed by atoms with van der Waals surface area (Å²) in [6.07, 6.45) is 11.1. The maximum Gasteiger partial charge on any atom is 0.266 e. The van der Waals surface area contributed by atoms with E-state index in [0.29, 0.717) is 0 Å². The molecule has 0 rings (SSSR count). The van der Waals surface area contributed by atoms with Crippen LogP contribution in [0.25, 0.3) is 0 Å². The van der Waals surface area contributed by atoms with Gasteiger partial charge < -0.3 is 10.2 Å². The number of nitrogens with two attached hydrogens (primary N) is 1. The fraction of sp³-hybridized carbons (Fsp3) is 1.00. The normalized spacial score (nSPS) is 11.9. The van der Waals surface area contributed by atoms with Crippen molar-refractivity contribution >= 4 is 10.1 Å².